The van der Waals surface area contributed by atoms with Crippen molar-refractivity contribution in [2.75, 3.05) is 16.8 Å². The molecule has 2 aromatic carbocycles. The Labute approximate surface area is 173 Å². The Balaban J connectivity index is 1.61. The van der Waals surface area contributed by atoms with E-state index in [1.54, 1.807) is 11.0 Å². The van der Waals surface area contributed by atoms with E-state index in [1.165, 1.54) is 36.5 Å². The van der Waals surface area contributed by atoms with Crippen LogP contribution in [-0.4, -0.2) is 23.3 Å². The molecule has 0 saturated carbocycles. The molecular weight excluding hydrogens is 415 g/mol. The molecule has 1 N–H and O–H groups in total. The van der Waals surface area contributed by atoms with Gasteiger partial charge in [0.2, 0.25) is 5.91 Å². The second-order valence-corrected chi connectivity index (χ2v) is 7.84. The summed E-state index contributed by atoms with van der Waals surface area (Å²) in [6, 6.07) is 10.3. The van der Waals surface area contributed by atoms with Crippen molar-refractivity contribution < 1.29 is 22.8 Å². The van der Waals surface area contributed by atoms with Gasteiger partial charge in [-0.2, -0.15) is 13.2 Å². The number of benzene rings is 2. The molecular formula is C21H16F3N3O2S. The van der Waals surface area contributed by atoms with Gasteiger partial charge in [-0.05, 0) is 41.8 Å². The van der Waals surface area contributed by atoms with Crippen LogP contribution in [0.1, 0.15) is 24.5 Å². The molecule has 0 spiro atoms. The zero-order valence-electron chi connectivity index (χ0n) is 15.8. The number of fused-ring (bicyclic) bond motifs is 1. The molecule has 1 aliphatic rings. The van der Waals surface area contributed by atoms with Gasteiger partial charge >= 0.3 is 6.18 Å². The van der Waals surface area contributed by atoms with E-state index < -0.39 is 11.7 Å². The molecule has 30 heavy (non-hydrogen) atoms. The number of para-hydroxylation sites is 1. The second-order valence-electron chi connectivity index (χ2n) is 6.81. The Morgan fingerprint density at radius 2 is 1.90 bits per heavy atom. The molecule has 0 saturated heterocycles. The van der Waals surface area contributed by atoms with Gasteiger partial charge < -0.3 is 10.2 Å². The van der Waals surface area contributed by atoms with Crippen LogP contribution in [0.3, 0.4) is 0 Å². The molecule has 5 nitrogen and oxygen atoms in total. The molecule has 2 amide bonds. The average Bonchev–Trinajstić information content (AvgIpc) is 3.09. The van der Waals surface area contributed by atoms with Gasteiger partial charge in [0.15, 0.2) is 5.13 Å². The predicted octanol–water partition coefficient (Wildman–Crippen LogP) is 5.09. The summed E-state index contributed by atoms with van der Waals surface area (Å²) in [7, 11) is 0. The van der Waals surface area contributed by atoms with Gasteiger partial charge in [0.25, 0.3) is 5.91 Å². The Morgan fingerprint density at radius 3 is 2.53 bits per heavy atom. The number of nitrogens with one attached hydrogen (secondary N) is 1. The van der Waals surface area contributed by atoms with Crippen LogP contribution in [-0.2, 0) is 15.8 Å². The molecule has 0 aliphatic carbocycles. The highest BCUT2D eigenvalue weighted by Crippen LogP contribution is 2.36. The van der Waals surface area contributed by atoms with Gasteiger partial charge in [0.05, 0.1) is 16.0 Å². The number of carbonyl (C=O) groups is 2. The molecule has 154 valence electrons. The summed E-state index contributed by atoms with van der Waals surface area (Å²) < 4.78 is 39.1. The number of aromatic nitrogens is 1. The van der Waals surface area contributed by atoms with E-state index in [2.05, 4.69) is 10.3 Å². The van der Waals surface area contributed by atoms with Crippen LogP contribution in [0.4, 0.5) is 24.0 Å². The second kappa shape index (κ2) is 7.56. The largest absolute Gasteiger partial charge is 0.416 e. The standard InChI is InChI=1S/C21H16F3N3O2S/c1-12(28)25-20-26-19-16(3-2-4-17(19)30-20)27-10-9-14(11-18(27)29)13-5-7-15(8-6-13)21(22,23)24/h2-8,11H,9-10H2,1H3,(H,25,26,28). The van der Waals surface area contributed by atoms with Crippen molar-refractivity contribution in [3.05, 3.63) is 59.7 Å². The summed E-state index contributed by atoms with van der Waals surface area (Å²) in [5.74, 6) is -0.494. The molecule has 9 heteroatoms. The number of hydrogen-bond donors (Lipinski definition) is 1. The summed E-state index contributed by atoms with van der Waals surface area (Å²) in [5, 5.41) is 3.11. The predicted molar refractivity (Wildman–Crippen MR) is 110 cm³/mol. The first-order chi connectivity index (χ1) is 14.2. The first-order valence-electron chi connectivity index (χ1n) is 9.09. The van der Waals surface area contributed by atoms with E-state index in [4.69, 9.17) is 0 Å². The van der Waals surface area contributed by atoms with Gasteiger partial charge in [-0.25, -0.2) is 4.98 Å². The third-order valence-electron chi connectivity index (χ3n) is 4.72. The molecule has 1 aromatic heterocycles. The number of hydrogen-bond acceptors (Lipinski definition) is 4. The number of anilines is 2. The monoisotopic (exact) mass is 431 g/mol. The number of amides is 2. The van der Waals surface area contributed by atoms with Crippen molar-refractivity contribution in [2.45, 2.75) is 19.5 Å². The van der Waals surface area contributed by atoms with Crippen LogP contribution in [0.25, 0.3) is 15.8 Å². The van der Waals surface area contributed by atoms with Crippen molar-refractivity contribution in [3.8, 4) is 0 Å². The Bertz CT molecular complexity index is 1170. The molecule has 0 fully saturated rings. The SMILES string of the molecule is CC(=O)Nc1nc2c(N3CCC(c4ccc(C(F)(F)F)cc4)=CC3=O)cccc2s1. The zero-order chi connectivity index (χ0) is 21.5. The highest BCUT2D eigenvalue weighted by Gasteiger charge is 2.30. The van der Waals surface area contributed by atoms with Crippen molar-refractivity contribution in [2.24, 2.45) is 0 Å². The summed E-state index contributed by atoms with van der Waals surface area (Å²) >= 11 is 1.32. The van der Waals surface area contributed by atoms with Crippen LogP contribution in [0.15, 0.2) is 48.5 Å². The van der Waals surface area contributed by atoms with E-state index in [0.29, 0.717) is 40.4 Å². The van der Waals surface area contributed by atoms with Crippen molar-refractivity contribution in [1.29, 1.82) is 0 Å². The van der Waals surface area contributed by atoms with Crippen LogP contribution >= 0.6 is 11.3 Å². The van der Waals surface area contributed by atoms with E-state index in [0.717, 1.165) is 16.8 Å². The van der Waals surface area contributed by atoms with Gasteiger partial charge in [0, 0.05) is 19.5 Å². The number of rotatable bonds is 3. The highest BCUT2D eigenvalue weighted by molar-refractivity contribution is 7.22. The molecule has 1 aliphatic heterocycles. The zero-order valence-corrected chi connectivity index (χ0v) is 16.6. The number of thiazole rings is 1. The molecule has 4 rings (SSSR count). The number of halogens is 3. The molecule has 2 heterocycles. The minimum atomic E-state index is -4.39. The van der Waals surface area contributed by atoms with Crippen molar-refractivity contribution in [3.63, 3.8) is 0 Å². The number of carbonyl (C=O) groups excluding carboxylic acids is 2. The van der Waals surface area contributed by atoms with Crippen LogP contribution in [0, 0.1) is 0 Å². The Kier molecular flexibility index (Phi) is 5.07. The lowest BCUT2D eigenvalue weighted by atomic mass is 9.97. The van der Waals surface area contributed by atoms with Gasteiger partial charge in [-0.3, -0.25) is 9.59 Å². The Hall–Kier alpha value is -3.20. The third-order valence-corrected chi connectivity index (χ3v) is 5.66. The maximum Gasteiger partial charge on any atom is 0.416 e. The molecule has 0 bridgehead atoms. The fraction of sp³-hybridized carbons (Fsp3) is 0.190. The lowest BCUT2D eigenvalue weighted by Gasteiger charge is -2.27. The van der Waals surface area contributed by atoms with E-state index in [-0.39, 0.29) is 11.8 Å². The van der Waals surface area contributed by atoms with Crippen LogP contribution < -0.4 is 10.2 Å². The first kappa shape index (κ1) is 20.1. The van der Waals surface area contributed by atoms with E-state index in [1.807, 2.05) is 12.1 Å². The molecule has 0 radical (unpaired) electrons. The third kappa shape index (κ3) is 3.93. The average molecular weight is 431 g/mol. The molecule has 0 unspecified atom stereocenters. The van der Waals surface area contributed by atoms with Gasteiger partial charge in [-0.1, -0.05) is 29.5 Å². The van der Waals surface area contributed by atoms with E-state index in [9.17, 15) is 22.8 Å². The summed E-state index contributed by atoms with van der Waals surface area (Å²) in [4.78, 5) is 30.1. The van der Waals surface area contributed by atoms with Crippen LogP contribution in [0.5, 0.6) is 0 Å². The van der Waals surface area contributed by atoms with E-state index >= 15 is 0 Å². The summed E-state index contributed by atoms with van der Waals surface area (Å²) in [6.07, 6.45) is -2.45. The maximum atomic E-state index is 12.8. The fourth-order valence-corrected chi connectivity index (χ4v) is 4.27. The maximum absolute atomic E-state index is 12.8. The quantitative estimate of drug-likeness (QED) is 0.628. The minimum absolute atomic E-state index is 0.228. The minimum Gasteiger partial charge on any atom is -0.306 e. The molecule has 3 aromatic rings. The lowest BCUT2D eigenvalue weighted by Crippen LogP contribution is -2.33. The van der Waals surface area contributed by atoms with Crippen molar-refractivity contribution in [1.82, 2.24) is 4.98 Å². The number of nitrogens with zero attached hydrogens (tertiary/aromatic N) is 2. The highest BCUT2D eigenvalue weighted by atomic mass is 32.1. The summed E-state index contributed by atoms with van der Waals surface area (Å²) in [6.45, 7) is 1.77. The molecule has 0 atom stereocenters. The van der Waals surface area contributed by atoms with Gasteiger partial charge in [-0.15, -0.1) is 0 Å². The first-order valence-corrected chi connectivity index (χ1v) is 9.91. The van der Waals surface area contributed by atoms with Gasteiger partial charge in [0.1, 0.15) is 5.52 Å². The fourth-order valence-electron chi connectivity index (χ4n) is 3.34. The lowest BCUT2D eigenvalue weighted by molar-refractivity contribution is -0.137. The summed E-state index contributed by atoms with van der Waals surface area (Å²) in [5.41, 5.74) is 1.81. The number of alkyl halides is 3. The topological polar surface area (TPSA) is 62.3 Å². The van der Waals surface area contributed by atoms with Crippen molar-refractivity contribution >= 4 is 49.8 Å². The van der Waals surface area contributed by atoms with Crippen LogP contribution in [0.2, 0.25) is 0 Å². The normalized spacial score (nSPS) is 14.7. The smallest absolute Gasteiger partial charge is 0.306 e. The Morgan fingerprint density at radius 1 is 1.17 bits per heavy atom.